The van der Waals surface area contributed by atoms with E-state index >= 15 is 0 Å². The number of benzene rings is 1. The fourth-order valence-corrected chi connectivity index (χ4v) is 3.14. The maximum Gasteiger partial charge on any atom is 0.131 e. The summed E-state index contributed by atoms with van der Waals surface area (Å²) in [6.45, 7) is 3.17. The van der Waals surface area contributed by atoms with Gasteiger partial charge in [0.15, 0.2) is 0 Å². The minimum absolute atomic E-state index is 0.637. The zero-order chi connectivity index (χ0) is 14.4. The predicted octanol–water partition coefficient (Wildman–Crippen LogP) is 4.30. The SMILES string of the molecule is CCCn1c(C2CC2)nc(-c2ccc(C3CC3)cc2)c1N. The van der Waals surface area contributed by atoms with Crippen LogP contribution in [0.4, 0.5) is 5.82 Å². The van der Waals surface area contributed by atoms with Crippen LogP contribution in [0.25, 0.3) is 11.3 Å². The Morgan fingerprint density at radius 2 is 1.76 bits per heavy atom. The third kappa shape index (κ3) is 2.35. The summed E-state index contributed by atoms with van der Waals surface area (Å²) in [5.74, 6) is 3.49. The zero-order valence-electron chi connectivity index (χ0n) is 12.7. The Balaban J connectivity index is 1.71. The van der Waals surface area contributed by atoms with Crippen LogP contribution in [0.2, 0.25) is 0 Å². The van der Waals surface area contributed by atoms with Crippen LogP contribution in [-0.2, 0) is 6.54 Å². The molecule has 0 saturated heterocycles. The molecule has 3 nitrogen and oxygen atoms in total. The van der Waals surface area contributed by atoms with Gasteiger partial charge in [0, 0.05) is 18.0 Å². The van der Waals surface area contributed by atoms with Gasteiger partial charge in [-0.05, 0) is 43.6 Å². The van der Waals surface area contributed by atoms with Gasteiger partial charge in [0.25, 0.3) is 0 Å². The minimum Gasteiger partial charge on any atom is -0.383 e. The Kier molecular flexibility index (Phi) is 3.02. The van der Waals surface area contributed by atoms with E-state index in [1.54, 1.807) is 0 Å². The molecule has 2 fully saturated rings. The molecule has 0 bridgehead atoms. The molecule has 0 aliphatic heterocycles. The first-order chi connectivity index (χ1) is 10.3. The first kappa shape index (κ1) is 12.9. The van der Waals surface area contributed by atoms with Gasteiger partial charge in [-0.15, -0.1) is 0 Å². The Hall–Kier alpha value is -1.77. The normalized spacial score (nSPS) is 18.1. The fraction of sp³-hybridized carbons (Fsp3) is 0.500. The van der Waals surface area contributed by atoms with Gasteiger partial charge in [-0.2, -0.15) is 0 Å². The van der Waals surface area contributed by atoms with Crippen LogP contribution in [0, 0.1) is 0 Å². The van der Waals surface area contributed by atoms with Crippen molar-refractivity contribution in [2.24, 2.45) is 0 Å². The molecule has 2 aromatic rings. The zero-order valence-corrected chi connectivity index (χ0v) is 12.7. The smallest absolute Gasteiger partial charge is 0.131 e. The lowest BCUT2D eigenvalue weighted by atomic mass is 10.1. The van der Waals surface area contributed by atoms with Crippen LogP contribution in [0.3, 0.4) is 0 Å². The average Bonchev–Trinajstić information content (AvgIpc) is 3.39. The van der Waals surface area contributed by atoms with Crippen molar-refractivity contribution in [1.82, 2.24) is 9.55 Å². The highest BCUT2D eigenvalue weighted by Gasteiger charge is 2.31. The minimum atomic E-state index is 0.637. The van der Waals surface area contributed by atoms with Crippen molar-refractivity contribution >= 4 is 5.82 Å². The molecule has 0 unspecified atom stereocenters. The molecule has 0 spiro atoms. The topological polar surface area (TPSA) is 43.8 Å². The number of anilines is 1. The van der Waals surface area contributed by atoms with Crippen LogP contribution >= 0.6 is 0 Å². The number of nitrogens with two attached hydrogens (primary N) is 1. The van der Waals surface area contributed by atoms with E-state index in [0.29, 0.717) is 5.92 Å². The Bertz CT molecular complexity index is 646. The first-order valence-electron chi connectivity index (χ1n) is 8.24. The van der Waals surface area contributed by atoms with Crippen molar-refractivity contribution in [3.8, 4) is 11.3 Å². The van der Waals surface area contributed by atoms with Gasteiger partial charge < -0.3 is 10.3 Å². The highest BCUT2D eigenvalue weighted by atomic mass is 15.1. The second kappa shape index (κ2) is 4.90. The molecule has 0 amide bonds. The van der Waals surface area contributed by atoms with Gasteiger partial charge >= 0.3 is 0 Å². The number of rotatable bonds is 5. The fourth-order valence-electron chi connectivity index (χ4n) is 3.14. The van der Waals surface area contributed by atoms with Gasteiger partial charge in [0.1, 0.15) is 17.3 Å². The van der Waals surface area contributed by atoms with Gasteiger partial charge in [-0.1, -0.05) is 31.2 Å². The monoisotopic (exact) mass is 281 g/mol. The molecule has 0 radical (unpaired) electrons. The molecular formula is C18H23N3. The molecule has 3 heteroatoms. The van der Waals surface area contributed by atoms with Gasteiger partial charge in [0.2, 0.25) is 0 Å². The number of imidazole rings is 1. The third-order valence-corrected chi connectivity index (χ3v) is 4.66. The van der Waals surface area contributed by atoms with Gasteiger partial charge in [-0.3, -0.25) is 0 Å². The molecule has 1 heterocycles. The van der Waals surface area contributed by atoms with Crippen LogP contribution in [0.15, 0.2) is 24.3 Å². The summed E-state index contributed by atoms with van der Waals surface area (Å²) < 4.78 is 2.24. The first-order valence-corrected chi connectivity index (χ1v) is 8.24. The van der Waals surface area contributed by atoms with E-state index in [-0.39, 0.29) is 0 Å². The Morgan fingerprint density at radius 1 is 1.10 bits per heavy atom. The Labute approximate surface area is 126 Å². The molecule has 1 aromatic heterocycles. The molecule has 1 aromatic carbocycles. The molecule has 2 N–H and O–H groups in total. The summed E-state index contributed by atoms with van der Waals surface area (Å²) in [6, 6.07) is 8.89. The van der Waals surface area contributed by atoms with Crippen LogP contribution in [0.1, 0.15) is 62.3 Å². The summed E-state index contributed by atoms with van der Waals surface area (Å²) in [5, 5.41) is 0. The van der Waals surface area contributed by atoms with Gasteiger partial charge in [0.05, 0.1) is 0 Å². The van der Waals surface area contributed by atoms with Crippen LogP contribution < -0.4 is 5.73 Å². The van der Waals surface area contributed by atoms with Crippen molar-refractivity contribution in [3.63, 3.8) is 0 Å². The van der Waals surface area contributed by atoms with Crippen molar-refractivity contribution in [2.45, 2.75) is 57.4 Å². The third-order valence-electron chi connectivity index (χ3n) is 4.66. The number of nitrogens with zero attached hydrogens (tertiary/aromatic N) is 2. The van der Waals surface area contributed by atoms with E-state index in [2.05, 4.69) is 35.8 Å². The highest BCUT2D eigenvalue weighted by Crippen LogP contribution is 2.43. The number of hydrogen-bond acceptors (Lipinski definition) is 2. The molecule has 0 atom stereocenters. The van der Waals surface area contributed by atoms with Crippen molar-refractivity contribution < 1.29 is 0 Å². The summed E-state index contributed by atoms with van der Waals surface area (Å²) >= 11 is 0. The maximum absolute atomic E-state index is 6.40. The lowest BCUT2D eigenvalue weighted by Gasteiger charge is -2.07. The average molecular weight is 281 g/mol. The molecule has 110 valence electrons. The number of aromatic nitrogens is 2. The van der Waals surface area contributed by atoms with E-state index in [1.165, 1.54) is 37.1 Å². The van der Waals surface area contributed by atoms with Gasteiger partial charge in [-0.25, -0.2) is 4.98 Å². The van der Waals surface area contributed by atoms with E-state index in [1.807, 2.05) is 0 Å². The summed E-state index contributed by atoms with van der Waals surface area (Å²) in [7, 11) is 0. The molecule has 4 rings (SSSR count). The van der Waals surface area contributed by atoms with Crippen molar-refractivity contribution in [2.75, 3.05) is 5.73 Å². The number of hydrogen-bond donors (Lipinski definition) is 1. The van der Waals surface area contributed by atoms with Crippen molar-refractivity contribution in [1.29, 1.82) is 0 Å². The largest absolute Gasteiger partial charge is 0.383 e. The lowest BCUT2D eigenvalue weighted by molar-refractivity contribution is 0.646. The second-order valence-corrected chi connectivity index (χ2v) is 6.53. The van der Waals surface area contributed by atoms with E-state index in [0.717, 1.165) is 36.0 Å². The molecular weight excluding hydrogens is 258 g/mol. The van der Waals surface area contributed by atoms with E-state index in [9.17, 15) is 0 Å². The maximum atomic E-state index is 6.40. The molecule has 21 heavy (non-hydrogen) atoms. The Morgan fingerprint density at radius 3 is 2.33 bits per heavy atom. The number of nitrogen functional groups attached to an aromatic ring is 1. The molecule has 2 saturated carbocycles. The molecule has 2 aliphatic rings. The van der Waals surface area contributed by atoms with E-state index in [4.69, 9.17) is 10.7 Å². The molecule has 2 aliphatic carbocycles. The lowest BCUT2D eigenvalue weighted by Crippen LogP contribution is -2.06. The van der Waals surface area contributed by atoms with Crippen LogP contribution in [-0.4, -0.2) is 9.55 Å². The summed E-state index contributed by atoms with van der Waals surface area (Å²) in [5.41, 5.74) is 10.0. The second-order valence-electron chi connectivity index (χ2n) is 6.53. The van der Waals surface area contributed by atoms with Crippen LogP contribution in [0.5, 0.6) is 0 Å². The van der Waals surface area contributed by atoms with E-state index < -0.39 is 0 Å². The van der Waals surface area contributed by atoms with Crippen molar-refractivity contribution in [3.05, 3.63) is 35.7 Å². The summed E-state index contributed by atoms with van der Waals surface area (Å²) in [4.78, 5) is 4.89. The quantitative estimate of drug-likeness (QED) is 0.888. The predicted molar refractivity (Wildman–Crippen MR) is 86.3 cm³/mol. The standard InChI is InChI=1S/C18H23N3/c1-2-11-21-17(19)16(20-18(21)15-9-10-15)14-7-5-13(6-8-14)12-3-4-12/h5-8,12,15H,2-4,9-11,19H2,1H3. The summed E-state index contributed by atoms with van der Waals surface area (Å²) in [6.07, 6.45) is 6.32. The highest BCUT2D eigenvalue weighted by molar-refractivity contribution is 5.71.